The minimum Gasteiger partial charge on any atom is -0.457 e. The summed E-state index contributed by atoms with van der Waals surface area (Å²) in [4.78, 5) is 2.42. The fourth-order valence-corrected chi connectivity index (χ4v) is 14.0. The first kappa shape index (κ1) is 36.2. The fourth-order valence-electron chi connectivity index (χ4n) is 10.4. The van der Waals surface area contributed by atoms with Crippen molar-refractivity contribution in [2.24, 2.45) is 0 Å². The molecule has 2 nitrogen and oxygen atoms in total. The number of nitrogens with zero attached hydrogens (tertiary/aromatic N) is 1. The van der Waals surface area contributed by atoms with Gasteiger partial charge in [0.15, 0.2) is 0 Å². The molecular formula is C59H41NOSi. The molecule has 0 saturated heterocycles. The Kier molecular flexibility index (Phi) is 8.61. The lowest BCUT2D eigenvalue weighted by Crippen LogP contribution is -2.62. The second-order valence-electron chi connectivity index (χ2n) is 16.4. The molecule has 0 amide bonds. The Morgan fingerprint density at radius 3 is 1.68 bits per heavy atom. The minimum absolute atomic E-state index is 0.549. The summed E-state index contributed by atoms with van der Waals surface area (Å²) in [6.07, 6.45) is 0. The Hall–Kier alpha value is -7.72. The van der Waals surface area contributed by atoms with Gasteiger partial charge in [0.2, 0.25) is 0 Å². The van der Waals surface area contributed by atoms with Crippen molar-refractivity contribution in [2.45, 2.75) is 5.41 Å². The molecule has 2 aliphatic heterocycles. The highest BCUT2D eigenvalue weighted by atomic mass is 28.3. The molecule has 0 bridgehead atoms. The van der Waals surface area contributed by atoms with Crippen LogP contribution in [0.5, 0.6) is 11.5 Å². The zero-order valence-electron chi connectivity index (χ0n) is 34.0. The molecule has 1 unspecified atom stereocenters. The second-order valence-corrected chi connectivity index (χ2v) is 19.2. The molecule has 292 valence electrons. The molecule has 3 heteroatoms. The van der Waals surface area contributed by atoms with Gasteiger partial charge in [0, 0.05) is 27.9 Å². The SMILES string of the molecule is c1ccc(-c2ccc(N(c3cccc(-c4ccc5c(c4)[SiH](c4ccccc4)c4ccccc4C54c5ccccc5Oc5ccccc54)c3)c3cccc4ccccc34)cc2)cc1. The highest BCUT2D eigenvalue weighted by Crippen LogP contribution is 2.55. The number of rotatable bonds is 6. The zero-order chi connectivity index (χ0) is 41.0. The minimum atomic E-state index is -2.00. The summed E-state index contributed by atoms with van der Waals surface area (Å²) in [5.74, 6) is 1.82. The van der Waals surface area contributed by atoms with Gasteiger partial charge in [-0.25, -0.2) is 0 Å². The lowest BCUT2D eigenvalue weighted by Gasteiger charge is -2.47. The maximum absolute atomic E-state index is 6.71. The van der Waals surface area contributed by atoms with Crippen LogP contribution in [0.4, 0.5) is 17.1 Å². The Morgan fingerprint density at radius 2 is 0.903 bits per heavy atom. The van der Waals surface area contributed by atoms with Crippen molar-refractivity contribution < 1.29 is 4.74 Å². The Bertz CT molecular complexity index is 3240. The average molecular weight is 808 g/mol. The van der Waals surface area contributed by atoms with Gasteiger partial charge in [-0.3, -0.25) is 0 Å². The van der Waals surface area contributed by atoms with E-state index in [1.54, 1.807) is 0 Å². The molecule has 0 N–H and O–H groups in total. The van der Waals surface area contributed by atoms with Crippen molar-refractivity contribution in [1.82, 2.24) is 0 Å². The van der Waals surface area contributed by atoms with E-state index in [4.69, 9.17) is 4.74 Å². The lowest BCUT2D eigenvalue weighted by molar-refractivity contribution is 0.435. The first-order valence-electron chi connectivity index (χ1n) is 21.5. The zero-order valence-corrected chi connectivity index (χ0v) is 35.2. The normalized spacial score (nSPS) is 14.2. The van der Waals surface area contributed by atoms with Crippen LogP contribution in [0.3, 0.4) is 0 Å². The molecule has 10 aromatic rings. The number of hydrogen-bond donors (Lipinski definition) is 0. The van der Waals surface area contributed by atoms with E-state index in [2.05, 4.69) is 248 Å². The highest BCUT2D eigenvalue weighted by molar-refractivity contribution is 6.96. The molecule has 0 radical (unpaired) electrons. The van der Waals surface area contributed by atoms with Crippen LogP contribution in [0.25, 0.3) is 33.0 Å². The van der Waals surface area contributed by atoms with Crippen LogP contribution in [0.15, 0.2) is 243 Å². The summed E-state index contributed by atoms with van der Waals surface area (Å²) in [6, 6.07) is 89.2. The molecule has 62 heavy (non-hydrogen) atoms. The monoisotopic (exact) mass is 807 g/mol. The molecule has 0 fully saturated rings. The van der Waals surface area contributed by atoms with E-state index in [-0.39, 0.29) is 0 Å². The van der Waals surface area contributed by atoms with E-state index in [1.807, 2.05) is 0 Å². The third kappa shape index (κ3) is 5.70. The van der Waals surface area contributed by atoms with Crippen molar-refractivity contribution in [1.29, 1.82) is 0 Å². The smallest absolute Gasteiger partial charge is 0.133 e. The highest BCUT2D eigenvalue weighted by Gasteiger charge is 2.51. The molecule has 2 heterocycles. The summed E-state index contributed by atoms with van der Waals surface area (Å²) >= 11 is 0. The standard InChI is InChI=1S/C59H41NOSi/c1-3-17-41(18-4-1)42-33-36-46(37-34-42)60(54-29-16-20-43-19-7-8-25-49(43)54)47-22-15-21-44(39-47)45-35-38-53-58(40-45)62(48-23-5-2-6-24-48)57-32-14-11-28-52(57)59(53)50-26-9-12-30-55(50)61-56-31-13-10-27-51(56)59/h1-40,62H. The quantitative estimate of drug-likeness (QED) is 0.155. The number of hydrogen-bond acceptors (Lipinski definition) is 2. The molecule has 2 aliphatic rings. The lowest BCUT2D eigenvalue weighted by atomic mass is 9.63. The van der Waals surface area contributed by atoms with Gasteiger partial charge in [0.25, 0.3) is 0 Å². The maximum atomic E-state index is 6.71. The molecule has 0 aliphatic carbocycles. The van der Waals surface area contributed by atoms with Crippen LogP contribution in [0, 0.1) is 0 Å². The van der Waals surface area contributed by atoms with E-state index in [0.29, 0.717) is 0 Å². The van der Waals surface area contributed by atoms with Gasteiger partial charge >= 0.3 is 0 Å². The molecule has 1 atom stereocenters. The van der Waals surface area contributed by atoms with E-state index in [1.165, 1.54) is 70.8 Å². The number of benzene rings is 10. The summed E-state index contributed by atoms with van der Waals surface area (Å²) in [5, 5.41) is 6.72. The number of ether oxygens (including phenoxy) is 1. The Balaban J connectivity index is 1.07. The van der Waals surface area contributed by atoms with Crippen molar-refractivity contribution >= 4 is 52.2 Å². The van der Waals surface area contributed by atoms with Crippen LogP contribution in [-0.2, 0) is 5.41 Å². The van der Waals surface area contributed by atoms with E-state index in [9.17, 15) is 0 Å². The van der Waals surface area contributed by atoms with Crippen molar-refractivity contribution in [2.75, 3.05) is 4.90 Å². The topological polar surface area (TPSA) is 12.5 Å². The van der Waals surface area contributed by atoms with Crippen LogP contribution in [0.1, 0.15) is 22.3 Å². The van der Waals surface area contributed by atoms with Gasteiger partial charge in [0.1, 0.15) is 20.3 Å². The number of anilines is 3. The third-order valence-electron chi connectivity index (χ3n) is 13.1. The molecule has 1 spiro atoms. The average Bonchev–Trinajstić information content (AvgIpc) is 3.35. The largest absolute Gasteiger partial charge is 0.457 e. The summed E-state index contributed by atoms with van der Waals surface area (Å²) < 4.78 is 6.71. The van der Waals surface area contributed by atoms with Gasteiger partial charge in [-0.15, -0.1) is 0 Å². The van der Waals surface area contributed by atoms with E-state index in [0.717, 1.165) is 28.6 Å². The fraction of sp³-hybridized carbons (Fsp3) is 0.0169. The predicted molar refractivity (Wildman–Crippen MR) is 260 cm³/mol. The Labute approximate surface area is 364 Å². The second kappa shape index (κ2) is 14.8. The van der Waals surface area contributed by atoms with Gasteiger partial charge in [0.05, 0.1) is 11.1 Å². The third-order valence-corrected chi connectivity index (χ3v) is 16.3. The van der Waals surface area contributed by atoms with Crippen LogP contribution in [-0.4, -0.2) is 8.80 Å². The summed E-state index contributed by atoms with van der Waals surface area (Å²) in [5.41, 5.74) is 12.7. The van der Waals surface area contributed by atoms with Crippen molar-refractivity contribution in [3.05, 3.63) is 265 Å². The maximum Gasteiger partial charge on any atom is 0.133 e. The van der Waals surface area contributed by atoms with Crippen LogP contribution in [0.2, 0.25) is 0 Å². The Morgan fingerprint density at radius 1 is 0.355 bits per heavy atom. The van der Waals surface area contributed by atoms with Gasteiger partial charge in [-0.2, -0.15) is 0 Å². The molecule has 12 rings (SSSR count). The van der Waals surface area contributed by atoms with E-state index < -0.39 is 14.2 Å². The molecule has 10 aromatic carbocycles. The number of para-hydroxylation sites is 2. The first-order chi connectivity index (χ1) is 30.8. The van der Waals surface area contributed by atoms with E-state index >= 15 is 0 Å². The number of fused-ring (bicyclic) bond motifs is 9. The van der Waals surface area contributed by atoms with Crippen LogP contribution < -0.4 is 25.2 Å². The summed E-state index contributed by atoms with van der Waals surface area (Å²) in [7, 11) is -2.00. The first-order valence-corrected chi connectivity index (χ1v) is 23.2. The van der Waals surface area contributed by atoms with Gasteiger partial charge < -0.3 is 9.64 Å². The van der Waals surface area contributed by atoms with Crippen molar-refractivity contribution in [3.8, 4) is 33.8 Å². The van der Waals surface area contributed by atoms with Crippen LogP contribution >= 0.6 is 0 Å². The predicted octanol–water partition coefficient (Wildman–Crippen LogP) is 12.7. The molecule has 0 saturated carbocycles. The van der Waals surface area contributed by atoms with Crippen molar-refractivity contribution in [3.63, 3.8) is 0 Å². The van der Waals surface area contributed by atoms with Gasteiger partial charge in [-0.05, 0) is 91.6 Å². The molecular weight excluding hydrogens is 767 g/mol. The molecule has 0 aromatic heterocycles. The van der Waals surface area contributed by atoms with Gasteiger partial charge in [-0.1, -0.05) is 205 Å². The summed E-state index contributed by atoms with van der Waals surface area (Å²) in [6.45, 7) is 0.